The summed E-state index contributed by atoms with van der Waals surface area (Å²) in [7, 11) is 0. The molecular weight excluding hydrogens is 118 g/mol. The molecule has 9 heavy (non-hydrogen) atoms. The van der Waals surface area contributed by atoms with Gasteiger partial charge in [-0.25, -0.2) is 0 Å². The molecule has 0 bridgehead atoms. The van der Waals surface area contributed by atoms with Gasteiger partial charge in [-0.05, 0) is 6.08 Å². The Morgan fingerprint density at radius 3 is 3.44 bits per heavy atom. The Balaban J connectivity index is 2.13. The van der Waals surface area contributed by atoms with Crippen molar-refractivity contribution in [2.75, 3.05) is 0 Å². The summed E-state index contributed by atoms with van der Waals surface area (Å²) in [6.07, 6.45) is 6.38. The maximum absolute atomic E-state index is 5.16. The van der Waals surface area contributed by atoms with Crippen molar-refractivity contribution in [3.8, 4) is 0 Å². The fourth-order valence-corrected chi connectivity index (χ4v) is 0.978. The van der Waals surface area contributed by atoms with Crippen molar-refractivity contribution in [3.05, 3.63) is 12.3 Å². The highest BCUT2D eigenvalue weighted by atomic mass is 16.7. The Morgan fingerprint density at radius 1 is 1.56 bits per heavy atom. The van der Waals surface area contributed by atoms with Crippen LogP contribution in [-0.2, 0) is 9.57 Å². The summed E-state index contributed by atoms with van der Waals surface area (Å²) in [4.78, 5) is 4.96. The Morgan fingerprint density at radius 2 is 2.56 bits per heavy atom. The van der Waals surface area contributed by atoms with Gasteiger partial charge in [0.2, 0.25) is 0 Å². The summed E-state index contributed by atoms with van der Waals surface area (Å²) in [6.45, 7) is 0. The molecule has 3 nitrogen and oxygen atoms in total. The first kappa shape index (κ1) is 4.85. The van der Waals surface area contributed by atoms with Gasteiger partial charge in [0.05, 0.1) is 6.26 Å². The summed E-state index contributed by atoms with van der Waals surface area (Å²) in [6, 6.07) is 0. The fourth-order valence-electron chi connectivity index (χ4n) is 0.978. The first-order valence-electron chi connectivity index (χ1n) is 2.96. The lowest BCUT2D eigenvalue weighted by atomic mass is 10.1. The maximum atomic E-state index is 5.16. The number of rotatable bonds is 0. The molecule has 0 spiro atoms. The van der Waals surface area contributed by atoms with Crippen LogP contribution in [0.5, 0.6) is 0 Å². The van der Waals surface area contributed by atoms with Crippen molar-refractivity contribution in [1.29, 1.82) is 0 Å². The molecule has 2 aliphatic rings. The van der Waals surface area contributed by atoms with E-state index >= 15 is 0 Å². The van der Waals surface area contributed by atoms with Gasteiger partial charge in [0.15, 0.2) is 6.10 Å². The van der Waals surface area contributed by atoms with E-state index in [0.717, 1.165) is 6.42 Å². The first-order valence-corrected chi connectivity index (χ1v) is 2.96. The number of hydrogen-bond donors (Lipinski definition) is 0. The van der Waals surface area contributed by atoms with Crippen LogP contribution in [0.25, 0.3) is 0 Å². The molecule has 2 heterocycles. The lowest BCUT2D eigenvalue weighted by molar-refractivity contribution is -0.000282. The molecular formula is C6H7NO2. The van der Waals surface area contributed by atoms with E-state index < -0.39 is 0 Å². The van der Waals surface area contributed by atoms with Gasteiger partial charge in [0, 0.05) is 12.6 Å². The largest absolute Gasteiger partial charge is 0.493 e. The Labute approximate surface area is 52.9 Å². The molecule has 2 aliphatic heterocycles. The quantitative estimate of drug-likeness (QED) is 0.476. The third kappa shape index (κ3) is 0.686. The van der Waals surface area contributed by atoms with Crippen LogP contribution < -0.4 is 0 Å². The number of oxime groups is 1. The SMILES string of the molecule is C1=CC2ON=CCC2O1. The lowest BCUT2D eigenvalue weighted by Gasteiger charge is -2.17. The number of fused-ring (bicyclic) bond motifs is 1. The van der Waals surface area contributed by atoms with Crippen LogP contribution in [-0.4, -0.2) is 18.4 Å². The van der Waals surface area contributed by atoms with Gasteiger partial charge in [-0.15, -0.1) is 0 Å². The van der Waals surface area contributed by atoms with Crippen LogP contribution in [0.2, 0.25) is 0 Å². The van der Waals surface area contributed by atoms with Crippen molar-refractivity contribution < 1.29 is 9.57 Å². The molecule has 0 N–H and O–H groups in total. The highest BCUT2D eigenvalue weighted by Gasteiger charge is 2.27. The first-order chi connectivity index (χ1) is 4.47. The number of ether oxygens (including phenoxy) is 1. The summed E-state index contributed by atoms with van der Waals surface area (Å²) in [5.74, 6) is 0. The minimum absolute atomic E-state index is 0.0648. The number of hydrogen-bond acceptors (Lipinski definition) is 3. The van der Waals surface area contributed by atoms with Crippen LogP contribution in [0.4, 0.5) is 0 Å². The molecule has 0 aromatic heterocycles. The smallest absolute Gasteiger partial charge is 0.185 e. The maximum Gasteiger partial charge on any atom is 0.185 e. The van der Waals surface area contributed by atoms with Crippen molar-refractivity contribution in [2.45, 2.75) is 18.6 Å². The highest BCUT2D eigenvalue weighted by Crippen LogP contribution is 2.18. The van der Waals surface area contributed by atoms with Gasteiger partial charge in [0.25, 0.3) is 0 Å². The minimum Gasteiger partial charge on any atom is -0.493 e. The zero-order chi connectivity index (χ0) is 6.10. The van der Waals surface area contributed by atoms with Crippen LogP contribution >= 0.6 is 0 Å². The topological polar surface area (TPSA) is 30.8 Å². The van der Waals surface area contributed by atoms with Gasteiger partial charge in [-0.2, -0.15) is 0 Å². The van der Waals surface area contributed by atoms with Crippen LogP contribution in [0.3, 0.4) is 0 Å². The van der Waals surface area contributed by atoms with Gasteiger partial charge < -0.3 is 9.57 Å². The van der Waals surface area contributed by atoms with Crippen molar-refractivity contribution in [1.82, 2.24) is 0 Å². The molecule has 0 fully saturated rings. The predicted octanol–water partition coefficient (Wildman–Crippen LogP) is 0.674. The summed E-state index contributed by atoms with van der Waals surface area (Å²) in [5.41, 5.74) is 0. The Kier molecular flexibility index (Phi) is 0.946. The van der Waals surface area contributed by atoms with Crippen molar-refractivity contribution in [3.63, 3.8) is 0 Å². The molecule has 2 unspecified atom stereocenters. The van der Waals surface area contributed by atoms with E-state index in [-0.39, 0.29) is 12.2 Å². The Hall–Kier alpha value is -0.990. The molecule has 0 aromatic carbocycles. The highest BCUT2D eigenvalue weighted by molar-refractivity contribution is 5.58. The van der Waals surface area contributed by atoms with Crippen molar-refractivity contribution in [2.24, 2.45) is 5.16 Å². The van der Waals surface area contributed by atoms with Gasteiger partial charge >= 0.3 is 0 Å². The molecule has 0 saturated heterocycles. The number of nitrogens with zero attached hydrogens (tertiary/aromatic N) is 1. The zero-order valence-corrected chi connectivity index (χ0v) is 4.86. The van der Waals surface area contributed by atoms with E-state index in [0.29, 0.717) is 0 Å². The minimum atomic E-state index is 0.0648. The molecule has 3 heteroatoms. The lowest BCUT2D eigenvalue weighted by Crippen LogP contribution is -2.26. The van der Waals surface area contributed by atoms with E-state index in [4.69, 9.17) is 9.57 Å². The van der Waals surface area contributed by atoms with E-state index in [2.05, 4.69) is 5.16 Å². The van der Waals surface area contributed by atoms with Crippen LogP contribution in [0.1, 0.15) is 6.42 Å². The summed E-state index contributed by atoms with van der Waals surface area (Å²) < 4.78 is 5.16. The predicted molar refractivity (Wildman–Crippen MR) is 32.0 cm³/mol. The Bertz CT molecular complexity index is 164. The molecule has 48 valence electrons. The van der Waals surface area contributed by atoms with Crippen molar-refractivity contribution >= 4 is 6.21 Å². The summed E-state index contributed by atoms with van der Waals surface area (Å²) >= 11 is 0. The standard InChI is InChI=1S/C6H7NO2/c1-3-7-9-6-2-4-8-5(1)6/h2-6H,1H2. The second-order valence-corrected chi connectivity index (χ2v) is 2.10. The molecule has 0 amide bonds. The van der Waals surface area contributed by atoms with Crippen LogP contribution in [0, 0.1) is 0 Å². The van der Waals surface area contributed by atoms with Gasteiger partial charge in [-0.3, -0.25) is 0 Å². The zero-order valence-electron chi connectivity index (χ0n) is 4.86. The fraction of sp³-hybridized carbons (Fsp3) is 0.500. The molecule has 0 aliphatic carbocycles. The molecule has 0 saturated carbocycles. The molecule has 0 radical (unpaired) electrons. The van der Waals surface area contributed by atoms with E-state index in [9.17, 15) is 0 Å². The van der Waals surface area contributed by atoms with Gasteiger partial charge in [0.1, 0.15) is 6.10 Å². The average molecular weight is 125 g/mol. The molecule has 0 aromatic rings. The monoisotopic (exact) mass is 125 g/mol. The molecule has 2 rings (SSSR count). The second kappa shape index (κ2) is 1.76. The van der Waals surface area contributed by atoms with E-state index in [1.807, 2.05) is 6.08 Å². The molecule has 2 atom stereocenters. The third-order valence-electron chi connectivity index (χ3n) is 1.48. The second-order valence-electron chi connectivity index (χ2n) is 2.10. The van der Waals surface area contributed by atoms with Gasteiger partial charge in [-0.1, -0.05) is 5.16 Å². The summed E-state index contributed by atoms with van der Waals surface area (Å²) in [5, 5.41) is 3.66. The van der Waals surface area contributed by atoms with Crippen LogP contribution in [0.15, 0.2) is 17.5 Å². The van der Waals surface area contributed by atoms with E-state index in [1.54, 1.807) is 12.5 Å². The third-order valence-corrected chi connectivity index (χ3v) is 1.48. The normalized spacial score (nSPS) is 37.3. The van der Waals surface area contributed by atoms with E-state index in [1.165, 1.54) is 0 Å². The average Bonchev–Trinajstić information content (AvgIpc) is 2.33.